The molecule has 0 aromatic heterocycles. The molecule has 0 radical (unpaired) electrons. The second-order valence-corrected chi connectivity index (χ2v) is 8.73. The zero-order valence-electron chi connectivity index (χ0n) is 16.4. The molecular weight excluding hydrogens is 422 g/mol. The Balaban J connectivity index is 2.03. The summed E-state index contributed by atoms with van der Waals surface area (Å²) in [6.07, 6.45) is 2.82. The molecule has 0 heterocycles. The summed E-state index contributed by atoms with van der Waals surface area (Å²) < 4.78 is 32.5. The van der Waals surface area contributed by atoms with E-state index < -0.39 is 15.9 Å². The normalized spacial score (nSPS) is 11.4. The highest BCUT2D eigenvalue weighted by Gasteiger charge is 2.29. The molecule has 3 rings (SSSR count). The van der Waals surface area contributed by atoms with Gasteiger partial charge in [-0.15, -0.1) is 0 Å². The minimum absolute atomic E-state index is 0.0418. The number of anilines is 1. The van der Waals surface area contributed by atoms with E-state index in [1.54, 1.807) is 18.2 Å². The average molecular weight is 442 g/mol. The van der Waals surface area contributed by atoms with Crippen molar-refractivity contribution in [2.24, 2.45) is 0 Å². The summed E-state index contributed by atoms with van der Waals surface area (Å²) in [7, 11) is -2.66. The zero-order valence-corrected chi connectivity index (χ0v) is 18.0. The number of hydrogen-bond donors (Lipinski definition) is 0. The van der Waals surface area contributed by atoms with Gasteiger partial charge in [0, 0.05) is 11.1 Å². The van der Waals surface area contributed by atoms with Crippen LogP contribution in [-0.2, 0) is 14.8 Å². The van der Waals surface area contributed by atoms with Crippen LogP contribution < -0.4 is 9.04 Å². The Kier molecular flexibility index (Phi) is 6.59. The van der Waals surface area contributed by atoms with Crippen LogP contribution in [0, 0.1) is 6.92 Å². The standard InChI is InChI=1S/C23H20ClNO4S/c1-17-3-5-18(6-4-17)7-16-23(26)25(20-10-12-21(29-2)13-11-20)30(27,28)22-14-8-19(24)9-15-22/h3-16H,1-2H3/b16-7+. The molecule has 0 aliphatic carbocycles. The van der Waals surface area contributed by atoms with Crippen LogP contribution in [0.25, 0.3) is 6.08 Å². The molecule has 1 amide bonds. The first-order valence-corrected chi connectivity index (χ1v) is 10.9. The highest BCUT2D eigenvalue weighted by molar-refractivity contribution is 7.93. The topological polar surface area (TPSA) is 63.7 Å². The van der Waals surface area contributed by atoms with E-state index in [1.165, 1.54) is 49.6 Å². The molecule has 0 aliphatic heterocycles. The predicted octanol–water partition coefficient (Wildman–Crippen LogP) is 5.09. The SMILES string of the molecule is COc1ccc(N(C(=O)/C=C/c2ccc(C)cc2)S(=O)(=O)c2ccc(Cl)cc2)cc1. The number of hydrogen-bond acceptors (Lipinski definition) is 4. The Morgan fingerprint density at radius 3 is 2.10 bits per heavy atom. The Morgan fingerprint density at radius 2 is 1.53 bits per heavy atom. The number of sulfonamides is 1. The van der Waals surface area contributed by atoms with Crippen molar-refractivity contribution in [1.82, 2.24) is 0 Å². The van der Waals surface area contributed by atoms with Crippen molar-refractivity contribution in [2.45, 2.75) is 11.8 Å². The summed E-state index contributed by atoms with van der Waals surface area (Å²) in [5.41, 5.74) is 2.07. The van der Waals surface area contributed by atoms with Gasteiger partial charge in [0.1, 0.15) is 5.75 Å². The molecular formula is C23H20ClNO4S. The van der Waals surface area contributed by atoms with Crippen LogP contribution in [0.2, 0.25) is 5.02 Å². The molecule has 0 unspecified atom stereocenters. The number of rotatable bonds is 6. The van der Waals surface area contributed by atoms with E-state index in [0.717, 1.165) is 15.4 Å². The second kappa shape index (κ2) is 9.15. The number of nitrogens with zero attached hydrogens (tertiary/aromatic N) is 1. The highest BCUT2D eigenvalue weighted by Crippen LogP contribution is 2.27. The van der Waals surface area contributed by atoms with Crippen LogP contribution in [0.1, 0.15) is 11.1 Å². The maximum Gasteiger partial charge on any atom is 0.271 e. The highest BCUT2D eigenvalue weighted by atomic mass is 35.5. The van der Waals surface area contributed by atoms with Gasteiger partial charge < -0.3 is 4.74 Å². The number of aryl methyl sites for hydroxylation is 1. The van der Waals surface area contributed by atoms with Gasteiger partial charge in [0.25, 0.3) is 15.9 Å². The van der Waals surface area contributed by atoms with Gasteiger partial charge in [-0.05, 0) is 67.1 Å². The minimum Gasteiger partial charge on any atom is -0.497 e. The average Bonchev–Trinajstić information content (AvgIpc) is 2.74. The third-order valence-electron chi connectivity index (χ3n) is 4.35. The lowest BCUT2D eigenvalue weighted by atomic mass is 10.1. The molecule has 5 nitrogen and oxygen atoms in total. The smallest absolute Gasteiger partial charge is 0.271 e. The molecule has 0 N–H and O–H groups in total. The first kappa shape index (κ1) is 21.6. The number of benzene rings is 3. The molecule has 3 aromatic rings. The van der Waals surface area contributed by atoms with E-state index in [2.05, 4.69) is 0 Å². The summed E-state index contributed by atoms with van der Waals surface area (Å²) >= 11 is 5.88. The van der Waals surface area contributed by atoms with Crippen molar-refractivity contribution in [2.75, 3.05) is 11.4 Å². The lowest BCUT2D eigenvalue weighted by molar-refractivity contribution is -0.113. The van der Waals surface area contributed by atoms with E-state index in [4.69, 9.17) is 16.3 Å². The summed E-state index contributed by atoms with van der Waals surface area (Å²) in [6.45, 7) is 1.96. The van der Waals surface area contributed by atoms with Gasteiger partial charge in [0.05, 0.1) is 17.7 Å². The maximum atomic E-state index is 13.3. The van der Waals surface area contributed by atoms with Gasteiger partial charge in [-0.1, -0.05) is 41.4 Å². The van der Waals surface area contributed by atoms with Crippen LogP contribution in [-0.4, -0.2) is 21.4 Å². The van der Waals surface area contributed by atoms with Crippen molar-refractivity contribution in [3.05, 3.63) is 95.0 Å². The maximum absolute atomic E-state index is 13.3. The predicted molar refractivity (Wildman–Crippen MR) is 119 cm³/mol. The molecule has 3 aromatic carbocycles. The van der Waals surface area contributed by atoms with Crippen LogP contribution in [0.5, 0.6) is 5.75 Å². The lowest BCUT2D eigenvalue weighted by Crippen LogP contribution is -2.35. The van der Waals surface area contributed by atoms with Crippen molar-refractivity contribution >= 4 is 39.3 Å². The van der Waals surface area contributed by atoms with E-state index >= 15 is 0 Å². The summed E-state index contributed by atoms with van der Waals surface area (Å²) in [5, 5.41) is 0.399. The molecule has 0 atom stereocenters. The number of amides is 1. The van der Waals surface area contributed by atoms with E-state index in [0.29, 0.717) is 10.8 Å². The third-order valence-corrected chi connectivity index (χ3v) is 6.35. The van der Waals surface area contributed by atoms with Crippen LogP contribution in [0.3, 0.4) is 0 Å². The van der Waals surface area contributed by atoms with Crippen LogP contribution in [0.15, 0.2) is 83.8 Å². The molecule has 0 saturated carbocycles. The Hall–Kier alpha value is -3.09. The van der Waals surface area contributed by atoms with Crippen molar-refractivity contribution in [3.63, 3.8) is 0 Å². The summed E-state index contributed by atoms with van der Waals surface area (Å²) in [4.78, 5) is 13.0. The summed E-state index contributed by atoms with van der Waals surface area (Å²) in [5.74, 6) is -0.152. The molecule has 0 spiro atoms. The Morgan fingerprint density at radius 1 is 0.933 bits per heavy atom. The molecule has 0 aliphatic rings. The number of halogens is 1. The third kappa shape index (κ3) is 4.90. The van der Waals surface area contributed by atoms with E-state index in [-0.39, 0.29) is 10.6 Å². The van der Waals surface area contributed by atoms with Gasteiger partial charge in [-0.25, -0.2) is 8.42 Å². The van der Waals surface area contributed by atoms with Crippen molar-refractivity contribution in [1.29, 1.82) is 0 Å². The van der Waals surface area contributed by atoms with Crippen LogP contribution in [0.4, 0.5) is 5.69 Å². The Bertz CT molecular complexity index is 1150. The number of carbonyl (C=O) groups is 1. The zero-order chi connectivity index (χ0) is 21.7. The number of methoxy groups -OCH3 is 1. The fraction of sp³-hybridized carbons (Fsp3) is 0.0870. The fourth-order valence-corrected chi connectivity index (χ4v) is 4.24. The van der Waals surface area contributed by atoms with E-state index in [9.17, 15) is 13.2 Å². The molecule has 0 saturated heterocycles. The fourth-order valence-electron chi connectivity index (χ4n) is 2.73. The monoisotopic (exact) mass is 441 g/mol. The van der Waals surface area contributed by atoms with Gasteiger partial charge >= 0.3 is 0 Å². The van der Waals surface area contributed by atoms with Crippen LogP contribution >= 0.6 is 11.6 Å². The first-order chi connectivity index (χ1) is 14.3. The molecule has 30 heavy (non-hydrogen) atoms. The molecule has 7 heteroatoms. The number of carbonyl (C=O) groups excluding carboxylic acids is 1. The molecule has 0 fully saturated rings. The second-order valence-electron chi connectivity index (χ2n) is 6.50. The van der Waals surface area contributed by atoms with Crippen molar-refractivity contribution < 1.29 is 17.9 Å². The number of ether oxygens (including phenoxy) is 1. The quantitative estimate of drug-likeness (QED) is 0.499. The van der Waals surface area contributed by atoms with Gasteiger partial charge in [-0.2, -0.15) is 4.31 Å². The van der Waals surface area contributed by atoms with Gasteiger partial charge in [0.15, 0.2) is 0 Å². The van der Waals surface area contributed by atoms with Gasteiger partial charge in [-0.3, -0.25) is 4.79 Å². The first-order valence-electron chi connectivity index (χ1n) is 9.05. The van der Waals surface area contributed by atoms with Crippen molar-refractivity contribution in [3.8, 4) is 5.75 Å². The summed E-state index contributed by atoms with van der Waals surface area (Å²) in [6, 6.07) is 19.4. The minimum atomic E-state index is -4.17. The molecule has 154 valence electrons. The lowest BCUT2D eigenvalue weighted by Gasteiger charge is -2.21. The largest absolute Gasteiger partial charge is 0.497 e. The van der Waals surface area contributed by atoms with E-state index in [1.807, 2.05) is 31.2 Å². The molecule has 0 bridgehead atoms. The van der Waals surface area contributed by atoms with Gasteiger partial charge in [0.2, 0.25) is 0 Å². The Labute approximate surface area is 181 Å².